The van der Waals surface area contributed by atoms with Gasteiger partial charge in [-0.25, -0.2) is 9.97 Å². The van der Waals surface area contributed by atoms with E-state index in [1.54, 1.807) is 27.1 Å². The summed E-state index contributed by atoms with van der Waals surface area (Å²) < 4.78 is 4.86. The van der Waals surface area contributed by atoms with Crippen molar-refractivity contribution in [3.8, 4) is 0 Å². The molecule has 1 amide bonds. The van der Waals surface area contributed by atoms with Gasteiger partial charge in [-0.15, -0.1) is 0 Å². The normalized spacial score (nSPS) is 11.7. The Morgan fingerprint density at radius 1 is 1.44 bits per heavy atom. The fourth-order valence-electron chi connectivity index (χ4n) is 1.29. The highest BCUT2D eigenvalue weighted by atomic mass is 16.5. The van der Waals surface area contributed by atoms with Gasteiger partial charge in [0.2, 0.25) is 5.91 Å². The average Bonchev–Trinajstić information content (AvgIpc) is 2.39. The number of anilines is 2. The van der Waals surface area contributed by atoms with Gasteiger partial charge in [0.1, 0.15) is 24.0 Å². The van der Waals surface area contributed by atoms with Crippen LogP contribution >= 0.6 is 0 Å². The molecule has 7 heteroatoms. The maximum Gasteiger partial charge on any atom is 0.242 e. The van der Waals surface area contributed by atoms with Crippen molar-refractivity contribution in [2.75, 3.05) is 37.9 Å². The second kappa shape index (κ2) is 7.44. The lowest BCUT2D eigenvalue weighted by Gasteiger charge is -2.14. The van der Waals surface area contributed by atoms with Crippen molar-refractivity contribution in [3.63, 3.8) is 0 Å². The molecular formula is C11H19N5O2. The zero-order valence-electron chi connectivity index (χ0n) is 10.9. The van der Waals surface area contributed by atoms with Crippen molar-refractivity contribution in [2.24, 2.45) is 0 Å². The lowest BCUT2D eigenvalue weighted by Crippen LogP contribution is -2.39. The fourth-order valence-corrected chi connectivity index (χ4v) is 1.29. The molecule has 0 fully saturated rings. The molecule has 0 spiro atoms. The predicted octanol–water partition coefficient (Wildman–Crippen LogP) is 0.0813. The number of nitrogens with one attached hydrogen (secondary N) is 3. The van der Waals surface area contributed by atoms with E-state index in [9.17, 15) is 4.79 Å². The minimum Gasteiger partial charge on any atom is -0.383 e. The lowest BCUT2D eigenvalue weighted by atomic mass is 10.3. The predicted molar refractivity (Wildman–Crippen MR) is 69.5 cm³/mol. The Bertz CT molecular complexity index is 385. The van der Waals surface area contributed by atoms with Gasteiger partial charge in [-0.1, -0.05) is 0 Å². The molecule has 0 radical (unpaired) electrons. The van der Waals surface area contributed by atoms with Crippen LogP contribution in [0.2, 0.25) is 0 Å². The van der Waals surface area contributed by atoms with Crippen LogP contribution in [0.1, 0.15) is 6.92 Å². The molecule has 1 atom stereocenters. The molecule has 1 unspecified atom stereocenters. The standard InChI is InChI=1S/C11H19N5O2/c1-8(11(17)13-4-5-18-3)16-10-6-9(12-2)14-7-15-10/h6-8H,4-5H2,1-3H3,(H,13,17)(H2,12,14,15,16). The SMILES string of the molecule is CNc1cc(NC(C)C(=O)NCCOC)ncn1. The van der Waals surface area contributed by atoms with Crippen LogP contribution in [-0.4, -0.2) is 49.2 Å². The summed E-state index contributed by atoms with van der Waals surface area (Å²) >= 11 is 0. The Kier molecular flexibility index (Phi) is 5.86. The third-order valence-electron chi connectivity index (χ3n) is 2.29. The molecule has 7 nitrogen and oxygen atoms in total. The highest BCUT2D eigenvalue weighted by Gasteiger charge is 2.12. The zero-order valence-corrected chi connectivity index (χ0v) is 10.9. The fraction of sp³-hybridized carbons (Fsp3) is 0.545. The van der Waals surface area contributed by atoms with Crippen LogP contribution in [0.4, 0.5) is 11.6 Å². The van der Waals surface area contributed by atoms with Crippen molar-refractivity contribution in [3.05, 3.63) is 12.4 Å². The summed E-state index contributed by atoms with van der Waals surface area (Å²) in [6.07, 6.45) is 1.43. The van der Waals surface area contributed by atoms with Gasteiger partial charge in [-0.2, -0.15) is 0 Å². The summed E-state index contributed by atoms with van der Waals surface area (Å²) in [5.74, 6) is 1.19. The van der Waals surface area contributed by atoms with E-state index in [0.717, 1.165) is 0 Å². The molecule has 0 bridgehead atoms. The van der Waals surface area contributed by atoms with Crippen LogP contribution in [0.3, 0.4) is 0 Å². The molecule has 1 aromatic heterocycles. The Balaban J connectivity index is 2.47. The molecule has 0 aliphatic heterocycles. The number of nitrogens with zero attached hydrogens (tertiary/aromatic N) is 2. The Morgan fingerprint density at radius 3 is 2.83 bits per heavy atom. The molecule has 0 aliphatic carbocycles. The molecular weight excluding hydrogens is 234 g/mol. The van der Waals surface area contributed by atoms with Crippen molar-refractivity contribution >= 4 is 17.5 Å². The largest absolute Gasteiger partial charge is 0.383 e. The lowest BCUT2D eigenvalue weighted by molar-refractivity contribution is -0.121. The quantitative estimate of drug-likeness (QED) is 0.596. The molecule has 0 aliphatic rings. The first kappa shape index (κ1) is 14.2. The molecule has 100 valence electrons. The van der Waals surface area contributed by atoms with E-state index in [2.05, 4.69) is 25.9 Å². The second-order valence-electron chi connectivity index (χ2n) is 3.69. The van der Waals surface area contributed by atoms with E-state index in [1.807, 2.05) is 0 Å². The van der Waals surface area contributed by atoms with Crippen LogP contribution in [0.25, 0.3) is 0 Å². The van der Waals surface area contributed by atoms with Crippen LogP contribution in [-0.2, 0) is 9.53 Å². The van der Waals surface area contributed by atoms with E-state index in [-0.39, 0.29) is 11.9 Å². The molecule has 0 aromatic carbocycles. The average molecular weight is 253 g/mol. The van der Waals surface area contributed by atoms with Gasteiger partial charge in [0.05, 0.1) is 6.61 Å². The third kappa shape index (κ3) is 4.54. The zero-order chi connectivity index (χ0) is 13.4. The number of hydrogen-bond acceptors (Lipinski definition) is 6. The maximum atomic E-state index is 11.7. The summed E-state index contributed by atoms with van der Waals surface area (Å²) in [5.41, 5.74) is 0. The number of carbonyl (C=O) groups is 1. The number of amides is 1. The first-order chi connectivity index (χ1) is 8.67. The molecule has 3 N–H and O–H groups in total. The maximum absolute atomic E-state index is 11.7. The minimum atomic E-state index is -0.374. The van der Waals surface area contributed by atoms with Gasteiger partial charge in [-0.05, 0) is 6.92 Å². The Morgan fingerprint density at radius 2 is 2.17 bits per heavy atom. The van der Waals surface area contributed by atoms with Crippen molar-refractivity contribution in [2.45, 2.75) is 13.0 Å². The van der Waals surface area contributed by atoms with Gasteiger partial charge in [0.25, 0.3) is 0 Å². The van der Waals surface area contributed by atoms with Crippen LogP contribution < -0.4 is 16.0 Å². The smallest absolute Gasteiger partial charge is 0.242 e. The summed E-state index contributed by atoms with van der Waals surface area (Å²) in [6.45, 7) is 2.76. The van der Waals surface area contributed by atoms with Gasteiger partial charge < -0.3 is 20.7 Å². The molecule has 1 heterocycles. The second-order valence-corrected chi connectivity index (χ2v) is 3.69. The number of ether oxygens (including phenoxy) is 1. The number of hydrogen-bond donors (Lipinski definition) is 3. The molecule has 0 saturated heterocycles. The first-order valence-corrected chi connectivity index (χ1v) is 5.70. The minimum absolute atomic E-state index is 0.100. The van der Waals surface area contributed by atoms with Crippen LogP contribution in [0.15, 0.2) is 12.4 Å². The van der Waals surface area contributed by atoms with Crippen LogP contribution in [0.5, 0.6) is 0 Å². The number of aromatic nitrogens is 2. The number of carbonyl (C=O) groups excluding carboxylic acids is 1. The van der Waals surface area contributed by atoms with Crippen molar-refractivity contribution in [1.29, 1.82) is 0 Å². The van der Waals surface area contributed by atoms with E-state index in [4.69, 9.17) is 4.74 Å². The molecule has 1 rings (SSSR count). The molecule has 1 aromatic rings. The summed E-state index contributed by atoms with van der Waals surface area (Å²) in [4.78, 5) is 19.7. The van der Waals surface area contributed by atoms with Gasteiger partial charge >= 0.3 is 0 Å². The summed E-state index contributed by atoms with van der Waals surface area (Å²) in [7, 11) is 3.36. The Hall–Kier alpha value is -1.89. The number of methoxy groups -OCH3 is 1. The monoisotopic (exact) mass is 253 g/mol. The van der Waals surface area contributed by atoms with Gasteiger partial charge in [0, 0.05) is 26.8 Å². The van der Waals surface area contributed by atoms with Crippen LogP contribution in [0, 0.1) is 0 Å². The highest BCUT2D eigenvalue weighted by Crippen LogP contribution is 2.08. The van der Waals surface area contributed by atoms with E-state index >= 15 is 0 Å². The highest BCUT2D eigenvalue weighted by molar-refractivity contribution is 5.83. The van der Waals surface area contributed by atoms with Crippen molar-refractivity contribution in [1.82, 2.24) is 15.3 Å². The topological polar surface area (TPSA) is 88.2 Å². The summed E-state index contributed by atoms with van der Waals surface area (Å²) in [6, 6.07) is 1.36. The van der Waals surface area contributed by atoms with Gasteiger partial charge in [-0.3, -0.25) is 4.79 Å². The molecule has 18 heavy (non-hydrogen) atoms. The van der Waals surface area contributed by atoms with E-state index < -0.39 is 0 Å². The van der Waals surface area contributed by atoms with E-state index in [1.165, 1.54) is 6.33 Å². The van der Waals surface area contributed by atoms with E-state index in [0.29, 0.717) is 24.8 Å². The number of rotatable bonds is 7. The van der Waals surface area contributed by atoms with Crippen molar-refractivity contribution < 1.29 is 9.53 Å². The first-order valence-electron chi connectivity index (χ1n) is 5.70. The van der Waals surface area contributed by atoms with Gasteiger partial charge in [0.15, 0.2) is 0 Å². The summed E-state index contributed by atoms with van der Waals surface area (Å²) in [5, 5.41) is 8.65. The third-order valence-corrected chi connectivity index (χ3v) is 2.29. The molecule has 0 saturated carbocycles. The Labute approximate surface area is 106 Å².